The second-order valence-electron chi connectivity index (χ2n) is 4.93. The topological polar surface area (TPSA) is 35.2 Å². The van der Waals surface area contributed by atoms with Gasteiger partial charge in [-0.3, -0.25) is 0 Å². The van der Waals surface area contributed by atoms with Crippen LogP contribution in [0.3, 0.4) is 0 Å². The highest BCUT2D eigenvalue weighted by molar-refractivity contribution is 5.50. The summed E-state index contributed by atoms with van der Waals surface area (Å²) < 4.78 is 5.39. The quantitative estimate of drug-likeness (QED) is 0.814. The lowest BCUT2D eigenvalue weighted by molar-refractivity contribution is 0.340. The number of hydrogen-bond donors (Lipinski definition) is 1. The van der Waals surface area contributed by atoms with Crippen molar-refractivity contribution in [3.8, 4) is 5.75 Å². The second kappa shape index (κ2) is 6.45. The van der Waals surface area contributed by atoms with Crippen LogP contribution in [0.1, 0.15) is 39.2 Å². The van der Waals surface area contributed by atoms with E-state index in [1.54, 1.807) is 0 Å². The van der Waals surface area contributed by atoms with E-state index in [0.29, 0.717) is 6.61 Å². The summed E-state index contributed by atoms with van der Waals surface area (Å²) in [7, 11) is 0. The maximum Gasteiger partial charge on any atom is 0.119 e. The van der Waals surface area contributed by atoms with Gasteiger partial charge < -0.3 is 10.5 Å². The van der Waals surface area contributed by atoms with Gasteiger partial charge in [0, 0.05) is 5.54 Å². The molecule has 1 aromatic rings. The number of allylic oxidation sites excluding steroid dienone is 1. The van der Waals surface area contributed by atoms with Crippen molar-refractivity contribution >= 4 is 6.08 Å². The van der Waals surface area contributed by atoms with Gasteiger partial charge >= 0.3 is 0 Å². The van der Waals surface area contributed by atoms with Crippen LogP contribution in [-0.4, -0.2) is 12.1 Å². The molecule has 2 N–H and O–H groups in total. The van der Waals surface area contributed by atoms with E-state index in [2.05, 4.69) is 38.1 Å². The number of benzene rings is 1. The fourth-order valence-corrected chi connectivity index (χ4v) is 1.52. The van der Waals surface area contributed by atoms with Gasteiger partial charge in [-0.25, -0.2) is 0 Å². The van der Waals surface area contributed by atoms with Crippen molar-refractivity contribution in [1.29, 1.82) is 0 Å². The van der Waals surface area contributed by atoms with Gasteiger partial charge in [-0.05, 0) is 51.3 Å². The molecule has 0 spiro atoms. The third kappa shape index (κ3) is 6.12. The van der Waals surface area contributed by atoms with E-state index < -0.39 is 0 Å². The molecule has 0 bridgehead atoms. The van der Waals surface area contributed by atoms with Crippen LogP contribution < -0.4 is 10.5 Å². The van der Waals surface area contributed by atoms with Crippen molar-refractivity contribution in [2.24, 2.45) is 5.73 Å². The molecule has 1 aromatic carbocycles. The zero-order valence-electron chi connectivity index (χ0n) is 11.1. The molecule has 2 nitrogen and oxygen atoms in total. The molecule has 0 saturated carbocycles. The van der Waals surface area contributed by atoms with Gasteiger partial charge in [-0.15, -0.1) is 0 Å². The normalized spacial score (nSPS) is 12.0. The second-order valence-corrected chi connectivity index (χ2v) is 4.93. The molecule has 0 radical (unpaired) electrons. The SMILES string of the molecule is CCOc1ccc(/C=C/CCC(C)(C)N)cc1. The summed E-state index contributed by atoms with van der Waals surface area (Å²) in [5.41, 5.74) is 7.03. The van der Waals surface area contributed by atoms with E-state index in [0.717, 1.165) is 18.6 Å². The molecule has 0 aromatic heterocycles. The minimum absolute atomic E-state index is 0.0802. The van der Waals surface area contributed by atoms with Gasteiger partial charge in [-0.2, -0.15) is 0 Å². The van der Waals surface area contributed by atoms with Gasteiger partial charge in [0.15, 0.2) is 0 Å². The molecule has 0 aliphatic heterocycles. The van der Waals surface area contributed by atoms with E-state index in [4.69, 9.17) is 10.5 Å². The first-order valence-electron chi connectivity index (χ1n) is 6.19. The van der Waals surface area contributed by atoms with E-state index in [1.165, 1.54) is 5.56 Å². The zero-order chi connectivity index (χ0) is 12.7. The standard InChI is InChI=1S/C15H23NO/c1-4-17-14-10-8-13(9-11-14)7-5-6-12-15(2,3)16/h5,7-11H,4,6,12,16H2,1-3H3/b7-5+. The minimum atomic E-state index is -0.0802. The molecular formula is C15H23NO. The lowest BCUT2D eigenvalue weighted by Gasteiger charge is -2.16. The van der Waals surface area contributed by atoms with Crippen LogP contribution in [0.4, 0.5) is 0 Å². The Balaban J connectivity index is 2.43. The lowest BCUT2D eigenvalue weighted by Crippen LogP contribution is -2.31. The first kappa shape index (κ1) is 13.8. The average Bonchev–Trinajstić information content (AvgIpc) is 2.26. The summed E-state index contributed by atoms with van der Waals surface area (Å²) in [6, 6.07) is 8.12. The molecule has 0 aliphatic carbocycles. The summed E-state index contributed by atoms with van der Waals surface area (Å²) in [4.78, 5) is 0. The molecule has 0 amide bonds. The van der Waals surface area contributed by atoms with Crippen molar-refractivity contribution in [3.63, 3.8) is 0 Å². The maximum absolute atomic E-state index is 5.92. The predicted octanol–water partition coefficient (Wildman–Crippen LogP) is 3.62. The molecule has 0 aliphatic rings. The van der Waals surface area contributed by atoms with Crippen molar-refractivity contribution in [2.75, 3.05) is 6.61 Å². The molecule has 94 valence electrons. The Morgan fingerprint density at radius 1 is 1.24 bits per heavy atom. The molecule has 0 fully saturated rings. The number of ether oxygens (including phenoxy) is 1. The Kier molecular flexibility index (Phi) is 5.23. The maximum atomic E-state index is 5.92. The molecule has 0 unspecified atom stereocenters. The first-order chi connectivity index (χ1) is 8.01. The van der Waals surface area contributed by atoms with Crippen LogP contribution in [0.2, 0.25) is 0 Å². The summed E-state index contributed by atoms with van der Waals surface area (Å²) in [5.74, 6) is 0.924. The largest absolute Gasteiger partial charge is 0.494 e. The van der Waals surface area contributed by atoms with Gasteiger partial charge in [-0.1, -0.05) is 24.3 Å². The van der Waals surface area contributed by atoms with Gasteiger partial charge in [0.1, 0.15) is 5.75 Å². The van der Waals surface area contributed by atoms with E-state index >= 15 is 0 Å². The van der Waals surface area contributed by atoms with Crippen LogP contribution >= 0.6 is 0 Å². The Hall–Kier alpha value is -1.28. The monoisotopic (exact) mass is 233 g/mol. The molecular weight excluding hydrogens is 210 g/mol. The third-order valence-electron chi connectivity index (χ3n) is 2.46. The zero-order valence-corrected chi connectivity index (χ0v) is 11.1. The van der Waals surface area contributed by atoms with Gasteiger partial charge in [0.25, 0.3) is 0 Å². The fourth-order valence-electron chi connectivity index (χ4n) is 1.52. The molecule has 0 saturated heterocycles. The number of hydrogen-bond acceptors (Lipinski definition) is 2. The summed E-state index contributed by atoms with van der Waals surface area (Å²) in [6.45, 7) is 6.80. The minimum Gasteiger partial charge on any atom is -0.494 e. The van der Waals surface area contributed by atoms with Crippen molar-refractivity contribution in [3.05, 3.63) is 35.9 Å². The first-order valence-corrected chi connectivity index (χ1v) is 6.19. The highest BCUT2D eigenvalue weighted by Crippen LogP contribution is 2.14. The molecule has 0 atom stereocenters. The molecule has 2 heteroatoms. The van der Waals surface area contributed by atoms with Gasteiger partial charge in [0.2, 0.25) is 0 Å². The fraction of sp³-hybridized carbons (Fsp3) is 0.467. The van der Waals surface area contributed by atoms with E-state index in [-0.39, 0.29) is 5.54 Å². The molecule has 17 heavy (non-hydrogen) atoms. The summed E-state index contributed by atoms with van der Waals surface area (Å²) in [6.07, 6.45) is 6.31. The Morgan fingerprint density at radius 3 is 2.41 bits per heavy atom. The van der Waals surface area contributed by atoms with Crippen molar-refractivity contribution < 1.29 is 4.74 Å². The Labute approximate surface area is 104 Å². The average molecular weight is 233 g/mol. The Bertz CT molecular complexity index is 346. The lowest BCUT2D eigenvalue weighted by atomic mass is 10.00. The number of nitrogens with two attached hydrogens (primary N) is 1. The van der Waals surface area contributed by atoms with Gasteiger partial charge in [0.05, 0.1) is 6.61 Å². The predicted molar refractivity (Wildman–Crippen MR) is 74.1 cm³/mol. The highest BCUT2D eigenvalue weighted by atomic mass is 16.5. The van der Waals surface area contributed by atoms with Crippen LogP contribution in [-0.2, 0) is 0 Å². The highest BCUT2D eigenvalue weighted by Gasteiger charge is 2.07. The Morgan fingerprint density at radius 2 is 1.88 bits per heavy atom. The van der Waals surface area contributed by atoms with E-state index in [9.17, 15) is 0 Å². The van der Waals surface area contributed by atoms with Crippen LogP contribution in [0, 0.1) is 0 Å². The van der Waals surface area contributed by atoms with E-state index in [1.807, 2.05) is 19.1 Å². The van der Waals surface area contributed by atoms with Crippen LogP contribution in [0.15, 0.2) is 30.3 Å². The molecule has 0 heterocycles. The van der Waals surface area contributed by atoms with Crippen molar-refractivity contribution in [1.82, 2.24) is 0 Å². The summed E-state index contributed by atoms with van der Waals surface area (Å²) >= 11 is 0. The summed E-state index contributed by atoms with van der Waals surface area (Å²) in [5, 5.41) is 0. The van der Waals surface area contributed by atoms with Crippen LogP contribution in [0.25, 0.3) is 6.08 Å². The third-order valence-corrected chi connectivity index (χ3v) is 2.46. The van der Waals surface area contributed by atoms with Crippen LogP contribution in [0.5, 0.6) is 5.75 Å². The van der Waals surface area contributed by atoms with Crippen molar-refractivity contribution in [2.45, 2.75) is 39.2 Å². The smallest absolute Gasteiger partial charge is 0.119 e. The number of rotatable bonds is 6. The molecule has 1 rings (SSSR count).